The number of ether oxygens (including phenoxy) is 1. The molecule has 1 amide bonds. The molecule has 1 aliphatic rings. The standard InChI is InChI=1S/C21H27N3O2/c1-26-19-8-4-7-18(14-19)20(24-12-2-3-13-24)16-23-21(25)10-9-17-6-5-11-22-15-17/h4-8,11,14-15,20H,2-3,9-10,12-13,16H2,1H3,(H,23,25). The minimum absolute atomic E-state index is 0.0842. The first-order valence-corrected chi connectivity index (χ1v) is 9.30. The number of likely N-dealkylation sites (tertiary alicyclic amines) is 1. The van der Waals surface area contributed by atoms with Gasteiger partial charge in [0.2, 0.25) is 5.91 Å². The highest BCUT2D eigenvalue weighted by Crippen LogP contribution is 2.27. The Morgan fingerprint density at radius 3 is 2.85 bits per heavy atom. The molecule has 2 aromatic rings. The van der Waals surface area contributed by atoms with Crippen LogP contribution in [0.5, 0.6) is 5.75 Å². The van der Waals surface area contributed by atoms with Crippen LogP contribution in [0.4, 0.5) is 0 Å². The molecule has 26 heavy (non-hydrogen) atoms. The van der Waals surface area contributed by atoms with E-state index in [1.165, 1.54) is 18.4 Å². The number of aryl methyl sites for hydroxylation is 1. The SMILES string of the molecule is COc1cccc(C(CNC(=O)CCc2cccnc2)N2CCCC2)c1. The van der Waals surface area contributed by atoms with Crippen molar-refractivity contribution in [1.29, 1.82) is 0 Å². The van der Waals surface area contributed by atoms with Gasteiger partial charge in [0.15, 0.2) is 0 Å². The number of amides is 1. The molecule has 0 bridgehead atoms. The molecule has 0 spiro atoms. The smallest absolute Gasteiger partial charge is 0.220 e. The molecule has 1 unspecified atom stereocenters. The normalized spacial score (nSPS) is 15.6. The molecule has 0 aliphatic carbocycles. The Morgan fingerprint density at radius 1 is 1.27 bits per heavy atom. The van der Waals surface area contributed by atoms with E-state index in [1.54, 1.807) is 13.3 Å². The van der Waals surface area contributed by atoms with E-state index >= 15 is 0 Å². The van der Waals surface area contributed by atoms with Gasteiger partial charge in [-0.1, -0.05) is 18.2 Å². The van der Waals surface area contributed by atoms with Crippen molar-refractivity contribution in [3.63, 3.8) is 0 Å². The third-order valence-corrected chi connectivity index (χ3v) is 4.92. The third-order valence-electron chi connectivity index (χ3n) is 4.92. The van der Waals surface area contributed by atoms with Crippen molar-refractivity contribution < 1.29 is 9.53 Å². The molecule has 2 heterocycles. The van der Waals surface area contributed by atoms with Crippen molar-refractivity contribution in [2.75, 3.05) is 26.7 Å². The number of pyridine rings is 1. The van der Waals surface area contributed by atoms with Gasteiger partial charge in [0.25, 0.3) is 0 Å². The lowest BCUT2D eigenvalue weighted by molar-refractivity contribution is -0.121. The van der Waals surface area contributed by atoms with E-state index in [4.69, 9.17) is 4.74 Å². The van der Waals surface area contributed by atoms with Crippen LogP contribution in [-0.2, 0) is 11.2 Å². The monoisotopic (exact) mass is 353 g/mol. The summed E-state index contributed by atoms with van der Waals surface area (Å²) in [4.78, 5) is 18.9. The number of hydrogen-bond acceptors (Lipinski definition) is 4. The fraction of sp³-hybridized carbons (Fsp3) is 0.429. The summed E-state index contributed by atoms with van der Waals surface area (Å²) in [5.41, 5.74) is 2.28. The van der Waals surface area contributed by atoms with Gasteiger partial charge in [-0.2, -0.15) is 0 Å². The van der Waals surface area contributed by atoms with Gasteiger partial charge >= 0.3 is 0 Å². The number of benzene rings is 1. The Balaban J connectivity index is 1.59. The van der Waals surface area contributed by atoms with Crippen LogP contribution in [0, 0.1) is 0 Å². The molecule has 1 fully saturated rings. The number of methoxy groups -OCH3 is 1. The maximum Gasteiger partial charge on any atom is 0.220 e. The summed E-state index contributed by atoms with van der Waals surface area (Å²) in [7, 11) is 1.68. The summed E-state index contributed by atoms with van der Waals surface area (Å²) in [6.45, 7) is 2.78. The number of rotatable bonds is 8. The van der Waals surface area contributed by atoms with Gasteiger partial charge in [-0.05, 0) is 61.7 Å². The van der Waals surface area contributed by atoms with E-state index in [0.717, 1.165) is 24.4 Å². The number of nitrogens with one attached hydrogen (secondary N) is 1. The Kier molecular flexibility index (Phi) is 6.61. The highest BCUT2D eigenvalue weighted by atomic mass is 16.5. The highest BCUT2D eigenvalue weighted by molar-refractivity contribution is 5.76. The largest absolute Gasteiger partial charge is 0.497 e. The van der Waals surface area contributed by atoms with E-state index in [-0.39, 0.29) is 11.9 Å². The lowest BCUT2D eigenvalue weighted by Crippen LogP contribution is -2.36. The lowest BCUT2D eigenvalue weighted by Gasteiger charge is -2.28. The second kappa shape index (κ2) is 9.34. The molecule has 1 aromatic carbocycles. The van der Waals surface area contributed by atoms with Gasteiger partial charge in [0, 0.05) is 25.4 Å². The molecule has 0 saturated carbocycles. The highest BCUT2D eigenvalue weighted by Gasteiger charge is 2.24. The first-order valence-electron chi connectivity index (χ1n) is 9.30. The first kappa shape index (κ1) is 18.4. The van der Waals surface area contributed by atoms with E-state index < -0.39 is 0 Å². The summed E-state index contributed by atoms with van der Waals surface area (Å²) >= 11 is 0. The van der Waals surface area contributed by atoms with Gasteiger partial charge in [-0.25, -0.2) is 0 Å². The maximum atomic E-state index is 12.3. The molecule has 5 nitrogen and oxygen atoms in total. The zero-order valence-corrected chi connectivity index (χ0v) is 15.4. The third kappa shape index (κ3) is 5.05. The van der Waals surface area contributed by atoms with E-state index in [1.807, 2.05) is 30.5 Å². The van der Waals surface area contributed by atoms with Gasteiger partial charge < -0.3 is 10.1 Å². The number of nitrogens with zero attached hydrogens (tertiary/aromatic N) is 2. The summed E-state index contributed by atoms with van der Waals surface area (Å²) in [6.07, 6.45) is 7.20. The molecule has 0 radical (unpaired) electrons. The Labute approximate surface area is 155 Å². The molecule has 3 rings (SSSR count). The van der Waals surface area contributed by atoms with Gasteiger partial charge in [-0.15, -0.1) is 0 Å². The van der Waals surface area contributed by atoms with Crippen molar-refractivity contribution >= 4 is 5.91 Å². The van der Waals surface area contributed by atoms with E-state index in [9.17, 15) is 4.79 Å². The Bertz CT molecular complexity index is 699. The van der Waals surface area contributed by atoms with Crippen LogP contribution in [0.1, 0.15) is 36.4 Å². The van der Waals surface area contributed by atoms with Crippen molar-refractivity contribution in [3.05, 3.63) is 59.9 Å². The van der Waals surface area contributed by atoms with Crippen LogP contribution >= 0.6 is 0 Å². The molecular weight excluding hydrogens is 326 g/mol. The van der Waals surface area contributed by atoms with Crippen LogP contribution < -0.4 is 10.1 Å². The number of hydrogen-bond donors (Lipinski definition) is 1. The molecule has 138 valence electrons. The minimum atomic E-state index is 0.0842. The van der Waals surface area contributed by atoms with Gasteiger partial charge in [0.05, 0.1) is 13.2 Å². The quantitative estimate of drug-likeness (QED) is 0.793. The van der Waals surface area contributed by atoms with Crippen molar-refractivity contribution in [1.82, 2.24) is 15.2 Å². The van der Waals surface area contributed by atoms with E-state index in [0.29, 0.717) is 19.4 Å². The summed E-state index contributed by atoms with van der Waals surface area (Å²) in [5, 5.41) is 3.12. The second-order valence-electron chi connectivity index (χ2n) is 6.70. The molecule has 1 N–H and O–H groups in total. The van der Waals surface area contributed by atoms with Crippen molar-refractivity contribution in [3.8, 4) is 5.75 Å². The average molecular weight is 353 g/mol. The van der Waals surface area contributed by atoms with Gasteiger partial charge in [0.1, 0.15) is 5.75 Å². The molecular formula is C21H27N3O2. The topological polar surface area (TPSA) is 54.5 Å². The summed E-state index contributed by atoms with van der Waals surface area (Å²) in [6, 6.07) is 12.3. The maximum absolute atomic E-state index is 12.3. The van der Waals surface area contributed by atoms with Crippen molar-refractivity contribution in [2.24, 2.45) is 0 Å². The fourth-order valence-electron chi connectivity index (χ4n) is 3.46. The lowest BCUT2D eigenvalue weighted by atomic mass is 10.0. The summed E-state index contributed by atoms with van der Waals surface area (Å²) < 4.78 is 5.37. The molecule has 5 heteroatoms. The van der Waals surface area contributed by atoms with Crippen LogP contribution in [0.25, 0.3) is 0 Å². The molecule has 1 atom stereocenters. The fourth-order valence-corrected chi connectivity index (χ4v) is 3.46. The minimum Gasteiger partial charge on any atom is -0.497 e. The van der Waals surface area contributed by atoms with E-state index in [2.05, 4.69) is 27.3 Å². The van der Waals surface area contributed by atoms with Crippen LogP contribution in [0.3, 0.4) is 0 Å². The molecule has 1 aromatic heterocycles. The first-order chi connectivity index (χ1) is 12.8. The van der Waals surface area contributed by atoms with Crippen molar-refractivity contribution in [2.45, 2.75) is 31.7 Å². The summed E-state index contributed by atoms with van der Waals surface area (Å²) in [5.74, 6) is 0.940. The molecule has 1 saturated heterocycles. The zero-order valence-electron chi connectivity index (χ0n) is 15.4. The van der Waals surface area contributed by atoms with Crippen LogP contribution in [0.2, 0.25) is 0 Å². The van der Waals surface area contributed by atoms with Crippen LogP contribution in [-0.4, -0.2) is 42.5 Å². The number of carbonyl (C=O) groups is 1. The predicted octanol–water partition coefficient (Wildman–Crippen LogP) is 2.98. The molecule has 1 aliphatic heterocycles. The number of carbonyl (C=O) groups excluding carboxylic acids is 1. The zero-order chi connectivity index (χ0) is 18.2. The Hall–Kier alpha value is -2.40. The number of aromatic nitrogens is 1. The average Bonchev–Trinajstić information content (AvgIpc) is 3.22. The second-order valence-corrected chi connectivity index (χ2v) is 6.70. The Morgan fingerprint density at radius 2 is 2.12 bits per heavy atom. The van der Waals surface area contributed by atoms with Crippen LogP contribution in [0.15, 0.2) is 48.8 Å². The van der Waals surface area contributed by atoms with Gasteiger partial charge in [-0.3, -0.25) is 14.7 Å². The predicted molar refractivity (Wildman–Crippen MR) is 102 cm³/mol.